The summed E-state index contributed by atoms with van der Waals surface area (Å²) in [5, 5.41) is 16.4. The Bertz CT molecular complexity index is 803. The molecule has 3 rings (SSSR count). The summed E-state index contributed by atoms with van der Waals surface area (Å²) >= 11 is 0. The molecule has 0 aliphatic rings. The second kappa shape index (κ2) is 8.12. The molecule has 6 heteroatoms. The SMILES string of the molecule is O=C(NC[C@@H](O)c1cccc(OCc2ccccc2)c1)c1ccon1. The van der Waals surface area contributed by atoms with Crippen molar-refractivity contribution in [1.29, 1.82) is 0 Å². The third-order valence-corrected chi connectivity index (χ3v) is 3.62. The van der Waals surface area contributed by atoms with E-state index in [9.17, 15) is 9.90 Å². The summed E-state index contributed by atoms with van der Waals surface area (Å²) < 4.78 is 10.4. The Labute approximate surface area is 145 Å². The smallest absolute Gasteiger partial charge is 0.273 e. The molecule has 6 nitrogen and oxygen atoms in total. The maximum absolute atomic E-state index is 11.8. The van der Waals surface area contributed by atoms with Gasteiger partial charge in [-0.05, 0) is 23.3 Å². The first-order chi connectivity index (χ1) is 12.2. The summed E-state index contributed by atoms with van der Waals surface area (Å²) in [7, 11) is 0. The molecule has 0 fully saturated rings. The first kappa shape index (κ1) is 16.7. The van der Waals surface area contributed by atoms with Gasteiger partial charge in [-0.25, -0.2) is 0 Å². The normalized spacial score (nSPS) is 11.7. The van der Waals surface area contributed by atoms with Crippen LogP contribution in [0.1, 0.15) is 27.7 Å². The van der Waals surface area contributed by atoms with Crippen LogP contribution >= 0.6 is 0 Å². The van der Waals surface area contributed by atoms with Crippen molar-refractivity contribution in [1.82, 2.24) is 10.5 Å². The summed E-state index contributed by atoms with van der Waals surface area (Å²) in [4.78, 5) is 11.8. The highest BCUT2D eigenvalue weighted by molar-refractivity contribution is 5.91. The second-order valence-corrected chi connectivity index (χ2v) is 5.46. The number of aliphatic hydroxyl groups excluding tert-OH is 1. The minimum atomic E-state index is -0.851. The van der Waals surface area contributed by atoms with Gasteiger partial charge < -0.3 is 19.7 Å². The minimum absolute atomic E-state index is 0.0633. The molecule has 2 N–H and O–H groups in total. The lowest BCUT2D eigenvalue weighted by Crippen LogP contribution is -2.28. The Morgan fingerprint density at radius 2 is 2.00 bits per heavy atom. The van der Waals surface area contributed by atoms with Gasteiger partial charge >= 0.3 is 0 Å². The highest BCUT2D eigenvalue weighted by Crippen LogP contribution is 2.20. The van der Waals surface area contributed by atoms with Gasteiger partial charge in [-0.1, -0.05) is 47.6 Å². The molecular weight excluding hydrogens is 320 g/mol. The average Bonchev–Trinajstić information content (AvgIpc) is 3.20. The molecule has 0 radical (unpaired) electrons. The molecule has 128 valence electrons. The minimum Gasteiger partial charge on any atom is -0.489 e. The van der Waals surface area contributed by atoms with E-state index in [1.165, 1.54) is 12.3 Å². The summed E-state index contributed by atoms with van der Waals surface area (Å²) in [5.41, 5.74) is 1.89. The number of rotatable bonds is 7. The molecule has 0 aliphatic carbocycles. The summed E-state index contributed by atoms with van der Waals surface area (Å²) in [6.45, 7) is 0.511. The molecule has 0 saturated heterocycles. The zero-order valence-corrected chi connectivity index (χ0v) is 13.5. The number of nitrogens with one attached hydrogen (secondary N) is 1. The number of benzene rings is 2. The van der Waals surface area contributed by atoms with Gasteiger partial charge in [0.1, 0.15) is 18.6 Å². The molecule has 25 heavy (non-hydrogen) atoms. The van der Waals surface area contributed by atoms with Gasteiger partial charge in [0.05, 0.1) is 6.10 Å². The number of hydrogen-bond donors (Lipinski definition) is 2. The lowest BCUT2D eigenvalue weighted by molar-refractivity contribution is 0.0907. The molecule has 1 heterocycles. The zero-order valence-electron chi connectivity index (χ0n) is 13.5. The molecule has 0 aliphatic heterocycles. The number of carbonyl (C=O) groups excluding carboxylic acids is 1. The number of aliphatic hydroxyl groups is 1. The molecule has 0 saturated carbocycles. The third kappa shape index (κ3) is 4.68. The van der Waals surface area contributed by atoms with Gasteiger partial charge in [0.15, 0.2) is 5.69 Å². The number of amides is 1. The van der Waals surface area contributed by atoms with Crippen LogP contribution in [0.5, 0.6) is 5.75 Å². The van der Waals surface area contributed by atoms with Crippen LogP contribution in [0.15, 0.2) is 71.4 Å². The standard InChI is InChI=1S/C19H18N2O4/c22-18(12-20-19(23)17-9-10-25-21-17)15-7-4-8-16(11-15)24-13-14-5-2-1-3-6-14/h1-11,18,22H,12-13H2,(H,20,23)/t18-/m1/s1. The Hall–Kier alpha value is -3.12. The molecule has 0 spiro atoms. The summed E-state index contributed by atoms with van der Waals surface area (Å²) in [6.07, 6.45) is 0.468. The second-order valence-electron chi connectivity index (χ2n) is 5.46. The molecule has 3 aromatic rings. The molecule has 1 aromatic heterocycles. The number of aromatic nitrogens is 1. The van der Waals surface area contributed by atoms with E-state index in [2.05, 4.69) is 15.0 Å². The summed E-state index contributed by atoms with van der Waals surface area (Å²) in [5.74, 6) is 0.257. The zero-order chi connectivity index (χ0) is 17.5. The Kier molecular flexibility index (Phi) is 5.43. The first-order valence-corrected chi connectivity index (χ1v) is 7.86. The van der Waals surface area contributed by atoms with Crippen LogP contribution in [0.4, 0.5) is 0 Å². The van der Waals surface area contributed by atoms with Gasteiger partial charge in [0.2, 0.25) is 0 Å². The van der Waals surface area contributed by atoms with Crippen molar-refractivity contribution >= 4 is 5.91 Å². The van der Waals surface area contributed by atoms with Gasteiger partial charge in [-0.15, -0.1) is 0 Å². The van der Waals surface area contributed by atoms with E-state index in [1.807, 2.05) is 36.4 Å². The van der Waals surface area contributed by atoms with E-state index >= 15 is 0 Å². The van der Waals surface area contributed by atoms with Crippen molar-refractivity contribution in [3.05, 3.63) is 83.7 Å². The molecule has 1 amide bonds. The molecule has 0 unspecified atom stereocenters. The van der Waals surface area contributed by atoms with Crippen molar-refractivity contribution in [3.63, 3.8) is 0 Å². The van der Waals surface area contributed by atoms with Crippen molar-refractivity contribution in [3.8, 4) is 5.75 Å². The van der Waals surface area contributed by atoms with Crippen LogP contribution in [0.25, 0.3) is 0 Å². The van der Waals surface area contributed by atoms with Gasteiger partial charge in [0, 0.05) is 12.6 Å². The van der Waals surface area contributed by atoms with Crippen molar-refractivity contribution in [2.24, 2.45) is 0 Å². The molecule has 0 bridgehead atoms. The van der Waals surface area contributed by atoms with Crippen LogP contribution in [0.2, 0.25) is 0 Å². The number of ether oxygens (including phenoxy) is 1. The lowest BCUT2D eigenvalue weighted by Gasteiger charge is -2.13. The van der Waals surface area contributed by atoms with Gasteiger partial charge in [-0.3, -0.25) is 4.79 Å². The fourth-order valence-corrected chi connectivity index (χ4v) is 2.28. The van der Waals surface area contributed by atoms with E-state index in [0.717, 1.165) is 5.56 Å². The Morgan fingerprint density at radius 1 is 1.16 bits per heavy atom. The monoisotopic (exact) mass is 338 g/mol. The average molecular weight is 338 g/mol. The summed E-state index contributed by atoms with van der Waals surface area (Å²) in [6, 6.07) is 18.5. The number of hydrogen-bond acceptors (Lipinski definition) is 5. The van der Waals surface area contributed by atoms with Crippen LogP contribution in [-0.4, -0.2) is 22.7 Å². The maximum atomic E-state index is 11.8. The largest absolute Gasteiger partial charge is 0.489 e. The van der Waals surface area contributed by atoms with Gasteiger partial charge in [-0.2, -0.15) is 0 Å². The van der Waals surface area contributed by atoms with Crippen molar-refractivity contribution in [2.45, 2.75) is 12.7 Å². The van der Waals surface area contributed by atoms with Gasteiger partial charge in [0.25, 0.3) is 5.91 Å². The molecule has 2 aromatic carbocycles. The fraction of sp³-hybridized carbons (Fsp3) is 0.158. The number of nitrogens with zero attached hydrogens (tertiary/aromatic N) is 1. The van der Waals surface area contributed by atoms with E-state index in [1.54, 1.807) is 18.2 Å². The molecular formula is C19H18N2O4. The van der Waals surface area contributed by atoms with E-state index < -0.39 is 12.0 Å². The predicted octanol–water partition coefficient (Wildman–Crippen LogP) is 2.72. The topological polar surface area (TPSA) is 84.6 Å². The fourth-order valence-electron chi connectivity index (χ4n) is 2.28. The maximum Gasteiger partial charge on any atom is 0.273 e. The predicted molar refractivity (Wildman–Crippen MR) is 91.0 cm³/mol. The van der Waals surface area contributed by atoms with Crippen LogP contribution in [0.3, 0.4) is 0 Å². The van der Waals surface area contributed by atoms with Crippen molar-refractivity contribution < 1.29 is 19.2 Å². The van der Waals surface area contributed by atoms with E-state index in [-0.39, 0.29) is 12.2 Å². The van der Waals surface area contributed by atoms with E-state index in [0.29, 0.717) is 17.9 Å². The highest BCUT2D eigenvalue weighted by Gasteiger charge is 2.13. The third-order valence-electron chi connectivity index (χ3n) is 3.62. The Morgan fingerprint density at radius 3 is 2.76 bits per heavy atom. The van der Waals surface area contributed by atoms with Crippen molar-refractivity contribution in [2.75, 3.05) is 6.54 Å². The highest BCUT2D eigenvalue weighted by atomic mass is 16.5. The van der Waals surface area contributed by atoms with Crippen LogP contribution < -0.4 is 10.1 Å². The Balaban J connectivity index is 1.55. The van der Waals surface area contributed by atoms with E-state index in [4.69, 9.17) is 4.74 Å². The first-order valence-electron chi connectivity index (χ1n) is 7.86. The van der Waals surface area contributed by atoms with Crippen LogP contribution in [-0.2, 0) is 6.61 Å². The number of carbonyl (C=O) groups is 1. The quantitative estimate of drug-likeness (QED) is 0.692. The molecule has 1 atom stereocenters. The van der Waals surface area contributed by atoms with Crippen LogP contribution in [0, 0.1) is 0 Å². The lowest BCUT2D eigenvalue weighted by atomic mass is 10.1.